The fraction of sp³-hybridized carbons (Fsp3) is 0.240. The van der Waals surface area contributed by atoms with Gasteiger partial charge in [0.15, 0.2) is 0 Å². The quantitative estimate of drug-likeness (QED) is 0.580. The lowest BCUT2D eigenvalue weighted by Crippen LogP contribution is -2.40. The van der Waals surface area contributed by atoms with Crippen LogP contribution in [0.2, 0.25) is 0 Å². The van der Waals surface area contributed by atoms with Crippen LogP contribution in [0.1, 0.15) is 34.8 Å². The van der Waals surface area contributed by atoms with Gasteiger partial charge < -0.3 is 15.4 Å². The zero-order valence-corrected chi connectivity index (χ0v) is 17.8. The molecule has 0 saturated carbocycles. The fourth-order valence-electron chi connectivity index (χ4n) is 3.95. The number of benzene rings is 2. The summed E-state index contributed by atoms with van der Waals surface area (Å²) in [7, 11) is 0. The van der Waals surface area contributed by atoms with E-state index in [2.05, 4.69) is 6.58 Å². The highest BCUT2D eigenvalue weighted by Crippen LogP contribution is 2.29. The maximum atomic E-state index is 12.2. The van der Waals surface area contributed by atoms with E-state index < -0.39 is 5.91 Å². The van der Waals surface area contributed by atoms with E-state index in [1.54, 1.807) is 15.8 Å². The minimum absolute atomic E-state index is 0.0305. The third-order valence-corrected chi connectivity index (χ3v) is 5.61. The molecule has 7 heteroatoms. The van der Waals surface area contributed by atoms with Crippen LogP contribution in [0.4, 0.5) is 0 Å². The SMILES string of the molecule is C=CC(=O)N1CCCC(n2cc(C(N)=O)c(-c3cccc(OCc4ccccc4)c3)n2)C1. The zero-order valence-electron chi connectivity index (χ0n) is 17.8. The number of ether oxygens (including phenoxy) is 1. The molecule has 1 fully saturated rings. The number of hydrogen-bond donors (Lipinski definition) is 1. The van der Waals surface area contributed by atoms with Gasteiger partial charge in [0, 0.05) is 24.8 Å². The smallest absolute Gasteiger partial charge is 0.252 e. The number of piperidine rings is 1. The molecule has 2 aromatic carbocycles. The van der Waals surface area contributed by atoms with E-state index in [0.29, 0.717) is 36.7 Å². The largest absolute Gasteiger partial charge is 0.489 e. The van der Waals surface area contributed by atoms with Crippen LogP contribution in [-0.4, -0.2) is 39.6 Å². The molecule has 1 atom stereocenters. The van der Waals surface area contributed by atoms with Gasteiger partial charge in [-0.1, -0.05) is 49.0 Å². The van der Waals surface area contributed by atoms with Crippen LogP contribution in [0.5, 0.6) is 5.75 Å². The van der Waals surface area contributed by atoms with E-state index in [1.165, 1.54) is 6.08 Å². The number of nitrogens with two attached hydrogens (primary N) is 1. The van der Waals surface area contributed by atoms with Gasteiger partial charge in [-0.05, 0) is 36.6 Å². The topological polar surface area (TPSA) is 90.5 Å². The Morgan fingerprint density at radius 1 is 1.19 bits per heavy atom. The Hall–Kier alpha value is -3.87. The lowest BCUT2D eigenvalue weighted by atomic mass is 10.1. The van der Waals surface area contributed by atoms with Crippen molar-refractivity contribution in [2.45, 2.75) is 25.5 Å². The van der Waals surface area contributed by atoms with Crippen LogP contribution in [-0.2, 0) is 11.4 Å². The van der Waals surface area contributed by atoms with E-state index in [9.17, 15) is 9.59 Å². The molecule has 32 heavy (non-hydrogen) atoms. The molecule has 1 unspecified atom stereocenters. The summed E-state index contributed by atoms with van der Waals surface area (Å²) in [5.74, 6) is 0.0360. The molecule has 1 aliphatic heterocycles. The maximum Gasteiger partial charge on any atom is 0.252 e. The molecule has 1 aromatic heterocycles. The fourth-order valence-corrected chi connectivity index (χ4v) is 3.95. The van der Waals surface area contributed by atoms with Crippen molar-refractivity contribution >= 4 is 11.8 Å². The third kappa shape index (κ3) is 4.72. The molecule has 164 valence electrons. The first-order valence-electron chi connectivity index (χ1n) is 10.6. The van der Waals surface area contributed by atoms with Gasteiger partial charge in [-0.15, -0.1) is 0 Å². The van der Waals surface area contributed by atoms with Gasteiger partial charge in [-0.2, -0.15) is 5.10 Å². The molecule has 1 saturated heterocycles. The Bertz CT molecular complexity index is 1120. The molecule has 2 heterocycles. The second kappa shape index (κ2) is 9.51. The molecular formula is C25H26N4O3. The van der Waals surface area contributed by atoms with E-state index in [-0.39, 0.29) is 11.9 Å². The Morgan fingerprint density at radius 3 is 2.75 bits per heavy atom. The van der Waals surface area contributed by atoms with Crippen LogP contribution in [0.15, 0.2) is 73.4 Å². The van der Waals surface area contributed by atoms with Gasteiger partial charge in [0.05, 0.1) is 11.6 Å². The molecule has 0 aliphatic carbocycles. The highest BCUT2D eigenvalue weighted by atomic mass is 16.5. The highest BCUT2D eigenvalue weighted by molar-refractivity contribution is 5.98. The molecule has 2 N–H and O–H groups in total. The number of likely N-dealkylation sites (tertiary alicyclic amines) is 1. The maximum absolute atomic E-state index is 12.2. The number of nitrogens with zero attached hydrogens (tertiary/aromatic N) is 3. The summed E-state index contributed by atoms with van der Waals surface area (Å²) in [6.07, 6.45) is 4.73. The minimum atomic E-state index is -0.545. The molecule has 0 spiro atoms. The predicted molar refractivity (Wildman–Crippen MR) is 122 cm³/mol. The van der Waals surface area contributed by atoms with Crippen molar-refractivity contribution in [2.24, 2.45) is 5.73 Å². The van der Waals surface area contributed by atoms with Crippen LogP contribution in [0, 0.1) is 0 Å². The molecular weight excluding hydrogens is 404 g/mol. The van der Waals surface area contributed by atoms with E-state index in [4.69, 9.17) is 15.6 Å². The summed E-state index contributed by atoms with van der Waals surface area (Å²) in [5.41, 5.74) is 8.33. The van der Waals surface area contributed by atoms with Crippen molar-refractivity contribution in [3.05, 3.63) is 84.6 Å². The molecule has 0 bridgehead atoms. The van der Waals surface area contributed by atoms with E-state index in [0.717, 1.165) is 24.0 Å². The van der Waals surface area contributed by atoms with Gasteiger partial charge in [0.1, 0.15) is 18.1 Å². The lowest BCUT2D eigenvalue weighted by Gasteiger charge is -2.32. The van der Waals surface area contributed by atoms with Gasteiger partial charge in [0.2, 0.25) is 5.91 Å². The van der Waals surface area contributed by atoms with Crippen molar-refractivity contribution in [1.82, 2.24) is 14.7 Å². The molecule has 3 aromatic rings. The second-order valence-corrected chi connectivity index (χ2v) is 7.82. The normalized spacial score (nSPS) is 15.9. The van der Waals surface area contributed by atoms with Crippen molar-refractivity contribution in [3.63, 3.8) is 0 Å². The summed E-state index contributed by atoms with van der Waals surface area (Å²) >= 11 is 0. The molecule has 2 amide bonds. The van der Waals surface area contributed by atoms with Crippen LogP contribution in [0.3, 0.4) is 0 Å². The zero-order chi connectivity index (χ0) is 22.5. The van der Waals surface area contributed by atoms with Crippen LogP contribution < -0.4 is 10.5 Å². The highest BCUT2D eigenvalue weighted by Gasteiger charge is 2.26. The lowest BCUT2D eigenvalue weighted by molar-refractivity contribution is -0.127. The standard InChI is InChI=1S/C25H26N4O3/c1-2-23(30)28-13-7-11-20(15-28)29-16-22(25(26)31)24(27-29)19-10-6-12-21(14-19)32-17-18-8-4-3-5-9-18/h2-6,8-10,12,14,16,20H,1,7,11,13,15,17H2,(H2,26,31). The van der Waals surface area contributed by atoms with Crippen molar-refractivity contribution < 1.29 is 14.3 Å². The summed E-state index contributed by atoms with van der Waals surface area (Å²) in [6, 6.07) is 17.3. The Morgan fingerprint density at radius 2 is 2.00 bits per heavy atom. The van der Waals surface area contributed by atoms with Gasteiger partial charge in [-0.25, -0.2) is 0 Å². The van der Waals surface area contributed by atoms with Gasteiger partial charge >= 0.3 is 0 Å². The Balaban J connectivity index is 1.58. The average molecular weight is 431 g/mol. The molecule has 7 nitrogen and oxygen atoms in total. The average Bonchev–Trinajstić information content (AvgIpc) is 3.29. The monoisotopic (exact) mass is 430 g/mol. The summed E-state index contributed by atoms with van der Waals surface area (Å²) in [6.45, 7) is 5.22. The first-order chi connectivity index (χ1) is 15.5. The minimum Gasteiger partial charge on any atom is -0.489 e. The number of carbonyl (C=O) groups excluding carboxylic acids is 2. The van der Waals surface area contributed by atoms with Crippen LogP contribution >= 0.6 is 0 Å². The number of carbonyl (C=O) groups is 2. The van der Waals surface area contributed by atoms with Gasteiger partial charge in [0.25, 0.3) is 5.91 Å². The van der Waals surface area contributed by atoms with Crippen molar-refractivity contribution in [3.8, 4) is 17.0 Å². The van der Waals surface area contributed by atoms with Crippen molar-refractivity contribution in [2.75, 3.05) is 13.1 Å². The van der Waals surface area contributed by atoms with Gasteiger partial charge in [-0.3, -0.25) is 14.3 Å². The Labute approximate surface area is 187 Å². The summed E-state index contributed by atoms with van der Waals surface area (Å²) < 4.78 is 7.69. The molecule has 1 aliphatic rings. The summed E-state index contributed by atoms with van der Waals surface area (Å²) in [4.78, 5) is 26.0. The predicted octanol–water partition coefficient (Wildman–Crippen LogP) is 3.58. The second-order valence-electron chi connectivity index (χ2n) is 7.82. The van der Waals surface area contributed by atoms with Crippen LogP contribution in [0.25, 0.3) is 11.3 Å². The first-order valence-corrected chi connectivity index (χ1v) is 10.6. The third-order valence-electron chi connectivity index (χ3n) is 5.61. The number of primary amides is 1. The first kappa shape index (κ1) is 21.4. The molecule has 4 rings (SSSR count). The van der Waals surface area contributed by atoms with E-state index >= 15 is 0 Å². The number of amides is 2. The van der Waals surface area contributed by atoms with E-state index in [1.807, 2.05) is 54.6 Å². The number of hydrogen-bond acceptors (Lipinski definition) is 4. The number of rotatable bonds is 7. The Kier molecular flexibility index (Phi) is 6.35. The van der Waals surface area contributed by atoms with Crippen molar-refractivity contribution in [1.29, 1.82) is 0 Å². The number of aromatic nitrogens is 2. The summed E-state index contributed by atoms with van der Waals surface area (Å²) in [5, 5.41) is 4.70. The molecule has 0 radical (unpaired) electrons.